The average Bonchev–Trinajstić information content (AvgIpc) is 3.32. The van der Waals surface area contributed by atoms with Gasteiger partial charge in [0, 0.05) is 12.1 Å². The molecule has 3 aromatic rings. The first kappa shape index (κ1) is 28.6. The van der Waals surface area contributed by atoms with Crippen molar-refractivity contribution in [3.05, 3.63) is 77.8 Å². The lowest BCUT2D eigenvalue weighted by Gasteiger charge is -2.23. The Morgan fingerprint density at radius 1 is 1.08 bits per heavy atom. The lowest BCUT2D eigenvalue weighted by molar-refractivity contribution is -0.140. The Balaban J connectivity index is 1.51. The van der Waals surface area contributed by atoms with E-state index in [-0.39, 0.29) is 40.9 Å². The van der Waals surface area contributed by atoms with Crippen LogP contribution in [0, 0.1) is 17.6 Å². The van der Waals surface area contributed by atoms with E-state index in [0.29, 0.717) is 12.5 Å². The van der Waals surface area contributed by atoms with Gasteiger partial charge in [-0.1, -0.05) is 19.4 Å². The van der Waals surface area contributed by atoms with E-state index in [2.05, 4.69) is 15.3 Å². The van der Waals surface area contributed by atoms with E-state index in [9.17, 15) is 35.2 Å². The van der Waals surface area contributed by atoms with Crippen molar-refractivity contribution in [2.75, 3.05) is 6.54 Å². The van der Waals surface area contributed by atoms with Crippen LogP contribution in [0.3, 0.4) is 0 Å². The normalized spacial score (nSPS) is 18.3. The Kier molecular flexibility index (Phi) is 8.31. The van der Waals surface area contributed by atoms with Gasteiger partial charge >= 0.3 is 6.18 Å². The van der Waals surface area contributed by atoms with Gasteiger partial charge in [0.05, 0.1) is 28.4 Å². The maximum Gasteiger partial charge on any atom is 0.419 e. The molecule has 1 saturated heterocycles. The van der Waals surface area contributed by atoms with Crippen molar-refractivity contribution in [1.29, 1.82) is 0 Å². The molecule has 0 bridgehead atoms. The topological polar surface area (TPSA) is 92.3 Å². The van der Waals surface area contributed by atoms with Gasteiger partial charge in [0.25, 0.3) is 0 Å². The number of nitrogens with zero attached hydrogens (tertiary/aromatic N) is 3. The van der Waals surface area contributed by atoms with Crippen LogP contribution in [0.15, 0.2) is 59.8 Å². The molecule has 39 heavy (non-hydrogen) atoms. The summed E-state index contributed by atoms with van der Waals surface area (Å²) in [6.45, 7) is 1.97. The van der Waals surface area contributed by atoms with Crippen LogP contribution < -0.4 is 5.32 Å². The summed E-state index contributed by atoms with van der Waals surface area (Å²) in [5.41, 5.74) is -0.882. The quantitative estimate of drug-likeness (QED) is 0.389. The zero-order valence-electron chi connectivity index (χ0n) is 20.8. The van der Waals surface area contributed by atoms with Gasteiger partial charge in [-0.05, 0) is 61.2 Å². The molecule has 2 aromatic carbocycles. The van der Waals surface area contributed by atoms with E-state index >= 15 is 0 Å². The fourth-order valence-electron chi connectivity index (χ4n) is 4.60. The van der Waals surface area contributed by atoms with Crippen molar-refractivity contribution >= 4 is 15.9 Å². The highest BCUT2D eigenvalue weighted by Gasteiger charge is 2.43. The Morgan fingerprint density at radius 3 is 2.44 bits per heavy atom. The van der Waals surface area contributed by atoms with Gasteiger partial charge in [0.1, 0.15) is 24.0 Å². The predicted octanol–water partition coefficient (Wildman–Crippen LogP) is 4.94. The number of sulfonamides is 1. The Labute approximate surface area is 222 Å². The van der Waals surface area contributed by atoms with Crippen LogP contribution in [0.4, 0.5) is 22.0 Å². The summed E-state index contributed by atoms with van der Waals surface area (Å²) in [5, 5.41) is 2.67. The second kappa shape index (κ2) is 11.3. The SMILES string of the molecule is CCCC1CC(C(=O)NCc2cc(-c3ccc(C(F)(F)F)c(F)c3)ncn2)N(S(=O)(=O)c2ccc(F)cc2)C1. The number of carbonyl (C=O) groups excluding carboxylic acids is 1. The van der Waals surface area contributed by atoms with Crippen LogP contribution in [0.25, 0.3) is 11.3 Å². The Bertz CT molecular complexity index is 1450. The maximum atomic E-state index is 14.0. The summed E-state index contributed by atoms with van der Waals surface area (Å²) in [6.07, 6.45) is -1.88. The molecule has 2 atom stereocenters. The Morgan fingerprint density at radius 2 is 1.79 bits per heavy atom. The van der Waals surface area contributed by atoms with E-state index < -0.39 is 45.3 Å². The Hall–Kier alpha value is -3.45. The van der Waals surface area contributed by atoms with Crippen LogP contribution in [-0.2, 0) is 27.5 Å². The number of rotatable bonds is 8. The van der Waals surface area contributed by atoms with Crippen molar-refractivity contribution in [2.45, 2.75) is 49.8 Å². The van der Waals surface area contributed by atoms with E-state index in [0.717, 1.165) is 59.9 Å². The van der Waals surface area contributed by atoms with E-state index in [4.69, 9.17) is 0 Å². The van der Waals surface area contributed by atoms with Gasteiger partial charge in [0.2, 0.25) is 15.9 Å². The molecule has 208 valence electrons. The van der Waals surface area contributed by atoms with Gasteiger partial charge < -0.3 is 5.32 Å². The third-order valence-electron chi connectivity index (χ3n) is 6.50. The number of hydrogen-bond donors (Lipinski definition) is 1. The predicted molar refractivity (Wildman–Crippen MR) is 131 cm³/mol. The van der Waals surface area contributed by atoms with Crippen LogP contribution in [0.5, 0.6) is 0 Å². The molecule has 0 spiro atoms. The van der Waals surface area contributed by atoms with E-state index in [1.807, 2.05) is 6.92 Å². The summed E-state index contributed by atoms with van der Waals surface area (Å²) in [5.74, 6) is -2.63. The number of aromatic nitrogens is 2. The van der Waals surface area contributed by atoms with Crippen LogP contribution >= 0.6 is 0 Å². The lowest BCUT2D eigenvalue weighted by Crippen LogP contribution is -2.45. The second-order valence-electron chi connectivity index (χ2n) is 9.24. The van der Waals surface area contributed by atoms with Gasteiger partial charge in [-0.25, -0.2) is 27.2 Å². The molecular weight excluding hydrogens is 543 g/mol. The number of benzene rings is 2. The van der Waals surface area contributed by atoms with Crippen molar-refractivity contribution < 1.29 is 35.2 Å². The molecule has 1 aliphatic heterocycles. The van der Waals surface area contributed by atoms with Crippen molar-refractivity contribution in [1.82, 2.24) is 19.6 Å². The largest absolute Gasteiger partial charge is 0.419 e. The van der Waals surface area contributed by atoms with Gasteiger partial charge in [-0.15, -0.1) is 0 Å². The number of amides is 1. The monoisotopic (exact) mass is 568 g/mol. The zero-order chi connectivity index (χ0) is 28.4. The number of nitrogens with one attached hydrogen (secondary N) is 1. The molecule has 2 heterocycles. The average molecular weight is 569 g/mol. The van der Waals surface area contributed by atoms with Gasteiger partial charge in [-0.3, -0.25) is 4.79 Å². The first-order valence-corrected chi connectivity index (χ1v) is 13.6. The molecule has 0 radical (unpaired) electrons. The highest BCUT2D eigenvalue weighted by Crippen LogP contribution is 2.34. The fraction of sp³-hybridized carbons (Fsp3) is 0.346. The molecule has 1 N–H and O–H groups in total. The summed E-state index contributed by atoms with van der Waals surface area (Å²) < 4.78 is 93.7. The summed E-state index contributed by atoms with van der Waals surface area (Å²) >= 11 is 0. The standard InChI is InChI=1S/C26H25F5N4O3S/c1-2-3-16-10-24(35(14-16)39(37,38)20-7-5-18(27)6-8-20)25(36)32-13-19-12-23(34-15-33-19)17-4-9-21(22(28)11-17)26(29,30)31/h4-9,11-12,15-16,24H,2-3,10,13-14H2,1H3,(H,32,36). The molecule has 1 amide bonds. The van der Waals surface area contributed by atoms with Crippen LogP contribution in [-0.4, -0.2) is 41.2 Å². The third kappa shape index (κ3) is 6.41. The molecule has 2 unspecified atom stereocenters. The smallest absolute Gasteiger partial charge is 0.349 e. The van der Waals surface area contributed by atoms with E-state index in [1.165, 1.54) is 6.07 Å². The van der Waals surface area contributed by atoms with Gasteiger partial charge in [0.15, 0.2) is 0 Å². The number of carbonyl (C=O) groups is 1. The highest BCUT2D eigenvalue weighted by atomic mass is 32.2. The first-order valence-electron chi connectivity index (χ1n) is 12.1. The summed E-state index contributed by atoms with van der Waals surface area (Å²) in [6, 6.07) is 7.20. The lowest BCUT2D eigenvalue weighted by atomic mass is 10.0. The molecule has 13 heteroatoms. The molecule has 1 aliphatic rings. The summed E-state index contributed by atoms with van der Waals surface area (Å²) in [7, 11) is -4.08. The minimum atomic E-state index is -4.84. The highest BCUT2D eigenvalue weighted by molar-refractivity contribution is 7.89. The molecule has 7 nitrogen and oxygen atoms in total. The number of hydrogen-bond acceptors (Lipinski definition) is 5. The first-order chi connectivity index (χ1) is 18.4. The molecular formula is C26H25F5N4O3S. The van der Waals surface area contributed by atoms with Crippen molar-refractivity contribution in [3.63, 3.8) is 0 Å². The fourth-order valence-corrected chi connectivity index (χ4v) is 6.28. The van der Waals surface area contributed by atoms with Crippen molar-refractivity contribution in [3.8, 4) is 11.3 Å². The van der Waals surface area contributed by atoms with Gasteiger partial charge in [-0.2, -0.15) is 17.5 Å². The zero-order valence-corrected chi connectivity index (χ0v) is 21.6. The maximum absolute atomic E-state index is 14.0. The molecule has 0 aliphatic carbocycles. The molecule has 1 aromatic heterocycles. The minimum Gasteiger partial charge on any atom is -0.349 e. The molecule has 0 saturated carbocycles. The van der Waals surface area contributed by atoms with Crippen molar-refractivity contribution in [2.24, 2.45) is 5.92 Å². The summed E-state index contributed by atoms with van der Waals surface area (Å²) in [4.78, 5) is 21.1. The molecule has 4 rings (SSSR count). The second-order valence-corrected chi connectivity index (χ2v) is 11.1. The third-order valence-corrected chi connectivity index (χ3v) is 8.39. The number of alkyl halides is 3. The molecule has 1 fully saturated rings. The van der Waals surface area contributed by atoms with Crippen LogP contribution in [0.2, 0.25) is 0 Å². The van der Waals surface area contributed by atoms with Crippen LogP contribution in [0.1, 0.15) is 37.4 Å². The minimum absolute atomic E-state index is 0.0406. The van der Waals surface area contributed by atoms with E-state index in [1.54, 1.807) is 0 Å². The number of halogens is 5.